The minimum Gasteiger partial charge on any atom is -0.495 e. The van der Waals surface area contributed by atoms with Gasteiger partial charge >= 0.3 is 0 Å². The van der Waals surface area contributed by atoms with Gasteiger partial charge in [0.05, 0.1) is 13.2 Å². The standard InChI is InChI=1S/C17H26N2O6S2/c1-5-26(20,21)18-11-14-8-9-19(12-14)27(22,23)17-7-6-15(25-13(2)3)10-16(17)24-4/h5-7,10,13-14,18H,1,8-9,11-12H2,2-4H3/t14-/m1/s1. The Morgan fingerprint density at radius 2 is 2.04 bits per heavy atom. The Labute approximate surface area is 161 Å². The van der Waals surface area contributed by atoms with Crippen molar-refractivity contribution >= 4 is 20.0 Å². The van der Waals surface area contributed by atoms with E-state index >= 15 is 0 Å². The second kappa shape index (κ2) is 8.59. The van der Waals surface area contributed by atoms with Crippen molar-refractivity contribution in [2.75, 3.05) is 26.7 Å². The molecule has 1 atom stereocenters. The lowest BCUT2D eigenvalue weighted by atomic mass is 10.1. The maximum atomic E-state index is 13.0. The first-order valence-electron chi connectivity index (χ1n) is 8.56. The van der Waals surface area contributed by atoms with Crippen LogP contribution in [0.5, 0.6) is 11.5 Å². The van der Waals surface area contributed by atoms with E-state index in [-0.39, 0.29) is 35.8 Å². The molecule has 0 bridgehead atoms. The molecule has 152 valence electrons. The van der Waals surface area contributed by atoms with Gasteiger partial charge in [-0.3, -0.25) is 0 Å². The van der Waals surface area contributed by atoms with Crippen molar-refractivity contribution in [1.82, 2.24) is 9.03 Å². The molecule has 0 amide bonds. The first kappa shape index (κ1) is 21.7. The van der Waals surface area contributed by atoms with Gasteiger partial charge in [-0.2, -0.15) is 4.31 Å². The molecule has 1 aromatic carbocycles. The summed E-state index contributed by atoms with van der Waals surface area (Å²) in [4.78, 5) is 0.0634. The lowest BCUT2D eigenvalue weighted by Gasteiger charge is -2.19. The number of nitrogens with one attached hydrogen (secondary N) is 1. The molecule has 1 N–H and O–H groups in total. The molecule has 10 heteroatoms. The van der Waals surface area contributed by atoms with Crippen LogP contribution in [0.15, 0.2) is 35.1 Å². The molecule has 0 radical (unpaired) electrons. The van der Waals surface area contributed by atoms with Gasteiger partial charge < -0.3 is 9.47 Å². The Bertz CT molecular complexity index is 881. The minimum atomic E-state index is -3.76. The molecule has 0 aliphatic carbocycles. The Morgan fingerprint density at radius 3 is 2.63 bits per heavy atom. The lowest BCUT2D eigenvalue weighted by molar-refractivity contribution is 0.241. The first-order chi connectivity index (χ1) is 12.6. The van der Waals surface area contributed by atoms with Gasteiger partial charge in [0.1, 0.15) is 16.4 Å². The number of nitrogens with zero attached hydrogens (tertiary/aromatic N) is 1. The zero-order valence-electron chi connectivity index (χ0n) is 15.7. The van der Waals surface area contributed by atoms with Crippen molar-refractivity contribution in [3.63, 3.8) is 0 Å². The van der Waals surface area contributed by atoms with Crippen LogP contribution in [0.25, 0.3) is 0 Å². The molecule has 0 aromatic heterocycles. The third-order valence-electron chi connectivity index (χ3n) is 4.17. The van der Waals surface area contributed by atoms with E-state index in [2.05, 4.69) is 11.3 Å². The summed E-state index contributed by atoms with van der Waals surface area (Å²) in [6.45, 7) is 7.70. The number of benzene rings is 1. The second-order valence-corrected chi connectivity index (χ2v) is 10.2. The van der Waals surface area contributed by atoms with Gasteiger partial charge in [-0.15, -0.1) is 0 Å². The summed E-state index contributed by atoms with van der Waals surface area (Å²) in [5, 5.41) is 0.835. The molecule has 1 aromatic rings. The van der Waals surface area contributed by atoms with Crippen molar-refractivity contribution in [3.8, 4) is 11.5 Å². The molecule has 0 spiro atoms. The van der Waals surface area contributed by atoms with Crippen LogP contribution in [0.4, 0.5) is 0 Å². The van der Waals surface area contributed by atoms with Crippen LogP contribution in [0.1, 0.15) is 20.3 Å². The monoisotopic (exact) mass is 418 g/mol. The van der Waals surface area contributed by atoms with Crippen LogP contribution >= 0.6 is 0 Å². The third-order valence-corrected chi connectivity index (χ3v) is 7.08. The van der Waals surface area contributed by atoms with Crippen molar-refractivity contribution in [2.45, 2.75) is 31.3 Å². The van der Waals surface area contributed by atoms with E-state index in [9.17, 15) is 16.8 Å². The molecule has 8 nitrogen and oxygen atoms in total. The summed E-state index contributed by atoms with van der Waals surface area (Å²) in [6.07, 6.45) is 0.520. The van der Waals surface area contributed by atoms with E-state index in [1.165, 1.54) is 17.5 Å². The third kappa shape index (κ3) is 5.44. The van der Waals surface area contributed by atoms with Crippen molar-refractivity contribution < 1.29 is 26.3 Å². The van der Waals surface area contributed by atoms with Crippen LogP contribution in [-0.4, -0.2) is 54.0 Å². The maximum Gasteiger partial charge on any atom is 0.246 e. The highest BCUT2D eigenvalue weighted by Gasteiger charge is 2.34. The topological polar surface area (TPSA) is 102 Å². The molecule has 0 unspecified atom stereocenters. The van der Waals surface area contributed by atoms with Crippen molar-refractivity contribution in [3.05, 3.63) is 30.2 Å². The van der Waals surface area contributed by atoms with Crippen LogP contribution in [0, 0.1) is 5.92 Å². The number of rotatable bonds is 9. The Balaban J connectivity index is 2.15. The van der Waals surface area contributed by atoms with Crippen LogP contribution < -0.4 is 14.2 Å². The zero-order valence-corrected chi connectivity index (χ0v) is 17.3. The summed E-state index contributed by atoms with van der Waals surface area (Å²) >= 11 is 0. The predicted molar refractivity (Wildman–Crippen MR) is 103 cm³/mol. The molecule has 27 heavy (non-hydrogen) atoms. The Kier molecular flexibility index (Phi) is 6.90. The molecule has 0 saturated carbocycles. The smallest absolute Gasteiger partial charge is 0.246 e. The highest BCUT2D eigenvalue weighted by molar-refractivity contribution is 7.92. The van der Waals surface area contributed by atoms with Crippen LogP contribution in [-0.2, 0) is 20.0 Å². The fourth-order valence-corrected chi connectivity index (χ4v) is 5.07. The fourth-order valence-electron chi connectivity index (χ4n) is 2.82. The van der Waals surface area contributed by atoms with E-state index in [4.69, 9.17) is 9.47 Å². The van der Waals surface area contributed by atoms with E-state index in [1.807, 2.05) is 13.8 Å². The van der Waals surface area contributed by atoms with E-state index in [1.54, 1.807) is 12.1 Å². The average molecular weight is 419 g/mol. The molecular formula is C17H26N2O6S2. The van der Waals surface area contributed by atoms with E-state index in [0.717, 1.165) is 5.41 Å². The van der Waals surface area contributed by atoms with Gasteiger partial charge in [0, 0.05) is 31.1 Å². The number of ether oxygens (including phenoxy) is 2. The largest absolute Gasteiger partial charge is 0.495 e. The average Bonchev–Trinajstić information content (AvgIpc) is 3.09. The molecule has 1 fully saturated rings. The predicted octanol–water partition coefficient (Wildman–Crippen LogP) is 1.56. The van der Waals surface area contributed by atoms with Gasteiger partial charge in [-0.05, 0) is 38.3 Å². The number of hydrogen-bond donors (Lipinski definition) is 1. The van der Waals surface area contributed by atoms with Crippen molar-refractivity contribution in [1.29, 1.82) is 0 Å². The summed E-state index contributed by atoms with van der Waals surface area (Å²) in [6, 6.07) is 4.62. The molecule has 1 aliphatic heterocycles. The summed E-state index contributed by atoms with van der Waals surface area (Å²) < 4.78 is 63.5. The molecule has 1 saturated heterocycles. The van der Waals surface area contributed by atoms with Gasteiger partial charge in [-0.25, -0.2) is 21.6 Å². The Hall–Kier alpha value is -1.62. The second-order valence-electron chi connectivity index (χ2n) is 6.56. The quantitative estimate of drug-likeness (QED) is 0.653. The summed E-state index contributed by atoms with van der Waals surface area (Å²) in [7, 11) is -5.88. The minimum absolute atomic E-state index is 0.0455. The highest BCUT2D eigenvalue weighted by Crippen LogP contribution is 2.33. The van der Waals surface area contributed by atoms with Crippen molar-refractivity contribution in [2.24, 2.45) is 5.92 Å². The number of hydrogen-bond acceptors (Lipinski definition) is 6. The lowest BCUT2D eigenvalue weighted by Crippen LogP contribution is -2.32. The van der Waals surface area contributed by atoms with Gasteiger partial charge in [-0.1, -0.05) is 6.58 Å². The van der Waals surface area contributed by atoms with E-state index in [0.29, 0.717) is 18.7 Å². The molecular weight excluding hydrogens is 392 g/mol. The first-order valence-corrected chi connectivity index (χ1v) is 11.5. The summed E-state index contributed by atoms with van der Waals surface area (Å²) in [5.41, 5.74) is 0. The molecule has 1 heterocycles. The van der Waals surface area contributed by atoms with Crippen LogP contribution in [0.2, 0.25) is 0 Å². The number of methoxy groups -OCH3 is 1. The van der Waals surface area contributed by atoms with E-state index < -0.39 is 20.0 Å². The fraction of sp³-hybridized carbons (Fsp3) is 0.529. The van der Waals surface area contributed by atoms with Crippen LogP contribution in [0.3, 0.4) is 0 Å². The van der Waals surface area contributed by atoms with Gasteiger partial charge in [0.15, 0.2) is 0 Å². The maximum absolute atomic E-state index is 13.0. The summed E-state index contributed by atoms with van der Waals surface area (Å²) in [5.74, 6) is 0.631. The number of sulfonamides is 2. The molecule has 2 rings (SSSR count). The highest BCUT2D eigenvalue weighted by atomic mass is 32.2. The van der Waals surface area contributed by atoms with Gasteiger partial charge in [0.2, 0.25) is 20.0 Å². The zero-order chi connectivity index (χ0) is 20.2. The van der Waals surface area contributed by atoms with Gasteiger partial charge in [0.25, 0.3) is 0 Å². The molecule has 1 aliphatic rings. The SMILES string of the molecule is C=CS(=O)(=O)NC[C@H]1CCN(S(=O)(=O)c2ccc(OC(C)C)cc2OC)C1. The Morgan fingerprint density at radius 1 is 1.33 bits per heavy atom. The normalized spacial score (nSPS) is 18.6.